The maximum atomic E-state index is 8.85. The minimum Gasteiger partial charge on any atom is -0.396 e. The van der Waals surface area contributed by atoms with Gasteiger partial charge in [-0.3, -0.25) is 0 Å². The fourth-order valence-electron chi connectivity index (χ4n) is 1.55. The summed E-state index contributed by atoms with van der Waals surface area (Å²) in [6.45, 7) is 0.106. The van der Waals surface area contributed by atoms with Gasteiger partial charge in [-0.15, -0.1) is 0 Å². The second-order valence-corrected chi connectivity index (χ2v) is 3.58. The molecule has 14 heavy (non-hydrogen) atoms. The average molecular weight is 211 g/mol. The van der Waals surface area contributed by atoms with Gasteiger partial charge in [0.2, 0.25) is 0 Å². The van der Waals surface area contributed by atoms with Crippen LogP contribution in [0.4, 0.5) is 0 Å². The normalized spacial score (nSPS) is 11.1. The molecule has 2 rings (SSSR count). The summed E-state index contributed by atoms with van der Waals surface area (Å²) in [4.78, 5) is 4.37. The van der Waals surface area contributed by atoms with E-state index in [0.29, 0.717) is 11.4 Å². The predicted molar refractivity (Wildman–Crippen MR) is 56.5 cm³/mol. The lowest BCUT2D eigenvalue weighted by Crippen LogP contribution is -2.00. The van der Waals surface area contributed by atoms with Crippen molar-refractivity contribution in [2.45, 2.75) is 6.42 Å². The van der Waals surface area contributed by atoms with E-state index >= 15 is 0 Å². The first kappa shape index (κ1) is 9.49. The lowest BCUT2D eigenvalue weighted by atomic mass is 10.3. The van der Waals surface area contributed by atoms with E-state index in [2.05, 4.69) is 4.98 Å². The van der Waals surface area contributed by atoms with Crippen LogP contribution < -0.4 is 0 Å². The largest absolute Gasteiger partial charge is 0.396 e. The van der Waals surface area contributed by atoms with Gasteiger partial charge in [0.25, 0.3) is 0 Å². The number of para-hydroxylation sites is 1. The molecule has 0 saturated heterocycles. The number of fused-ring (bicyclic) bond motifs is 1. The van der Waals surface area contributed by atoms with Gasteiger partial charge < -0.3 is 9.67 Å². The number of aliphatic hydroxyl groups excluding tert-OH is 1. The van der Waals surface area contributed by atoms with Gasteiger partial charge in [0, 0.05) is 13.5 Å². The number of aromatic nitrogens is 2. The Bertz CT molecular complexity index is 464. The van der Waals surface area contributed by atoms with Crippen LogP contribution in [0.25, 0.3) is 11.0 Å². The molecule has 1 aromatic heterocycles. The molecule has 74 valence electrons. The van der Waals surface area contributed by atoms with Crippen molar-refractivity contribution in [3.8, 4) is 0 Å². The molecular weight excluding hydrogens is 200 g/mol. The number of aryl methyl sites for hydroxylation is 1. The Labute approximate surface area is 86.9 Å². The highest BCUT2D eigenvalue weighted by Gasteiger charge is 2.08. The molecule has 1 heterocycles. The van der Waals surface area contributed by atoms with Crippen molar-refractivity contribution in [2.24, 2.45) is 7.05 Å². The molecule has 0 unspecified atom stereocenters. The second kappa shape index (κ2) is 3.59. The molecule has 4 heteroatoms. The van der Waals surface area contributed by atoms with Gasteiger partial charge in [0.1, 0.15) is 11.3 Å². The molecule has 0 aliphatic heterocycles. The van der Waals surface area contributed by atoms with Gasteiger partial charge in [-0.1, -0.05) is 17.7 Å². The van der Waals surface area contributed by atoms with Gasteiger partial charge >= 0.3 is 0 Å². The lowest BCUT2D eigenvalue weighted by molar-refractivity contribution is 0.295. The third kappa shape index (κ3) is 1.38. The number of aliphatic hydroxyl groups is 1. The molecule has 1 aromatic carbocycles. The zero-order valence-corrected chi connectivity index (χ0v) is 8.62. The number of hydrogen-bond acceptors (Lipinski definition) is 2. The summed E-state index contributed by atoms with van der Waals surface area (Å²) in [5.41, 5.74) is 1.81. The molecule has 0 amide bonds. The molecule has 0 atom stereocenters. The van der Waals surface area contributed by atoms with E-state index in [1.807, 2.05) is 29.8 Å². The van der Waals surface area contributed by atoms with Crippen molar-refractivity contribution in [3.63, 3.8) is 0 Å². The van der Waals surface area contributed by atoms with E-state index in [1.165, 1.54) is 0 Å². The first-order valence-corrected chi connectivity index (χ1v) is 4.82. The van der Waals surface area contributed by atoms with Gasteiger partial charge in [-0.05, 0) is 12.1 Å². The van der Waals surface area contributed by atoms with Crippen LogP contribution in [0.15, 0.2) is 18.2 Å². The highest BCUT2D eigenvalue weighted by atomic mass is 35.5. The Morgan fingerprint density at radius 1 is 1.50 bits per heavy atom. The minimum atomic E-state index is 0.106. The summed E-state index contributed by atoms with van der Waals surface area (Å²) < 4.78 is 1.96. The van der Waals surface area contributed by atoms with Crippen molar-refractivity contribution >= 4 is 22.6 Å². The van der Waals surface area contributed by atoms with Crippen molar-refractivity contribution in [2.75, 3.05) is 6.61 Å². The van der Waals surface area contributed by atoms with Crippen molar-refractivity contribution in [3.05, 3.63) is 29.0 Å². The Morgan fingerprint density at radius 2 is 2.29 bits per heavy atom. The topological polar surface area (TPSA) is 38.0 Å². The van der Waals surface area contributed by atoms with Crippen LogP contribution >= 0.6 is 11.6 Å². The Hall–Kier alpha value is -1.06. The quantitative estimate of drug-likeness (QED) is 0.821. The van der Waals surface area contributed by atoms with Crippen LogP contribution in [0.2, 0.25) is 5.02 Å². The Kier molecular flexibility index (Phi) is 2.44. The van der Waals surface area contributed by atoms with Crippen LogP contribution in [0.5, 0.6) is 0 Å². The van der Waals surface area contributed by atoms with Crippen LogP contribution in [0.3, 0.4) is 0 Å². The molecule has 0 saturated carbocycles. The summed E-state index contributed by atoms with van der Waals surface area (Å²) in [6, 6.07) is 5.68. The van der Waals surface area contributed by atoms with Crippen molar-refractivity contribution < 1.29 is 5.11 Å². The molecule has 3 nitrogen and oxygen atoms in total. The van der Waals surface area contributed by atoms with Crippen molar-refractivity contribution in [1.29, 1.82) is 0 Å². The fourth-order valence-corrected chi connectivity index (χ4v) is 1.76. The Morgan fingerprint density at radius 3 is 2.93 bits per heavy atom. The monoisotopic (exact) mass is 210 g/mol. The summed E-state index contributed by atoms with van der Waals surface area (Å²) >= 11 is 6.00. The number of nitrogens with zero attached hydrogens (tertiary/aromatic N) is 2. The molecule has 0 spiro atoms. The highest BCUT2D eigenvalue weighted by Crippen LogP contribution is 2.22. The third-order valence-corrected chi connectivity index (χ3v) is 2.60. The molecule has 0 radical (unpaired) electrons. The summed E-state index contributed by atoms with van der Waals surface area (Å²) in [7, 11) is 1.93. The van der Waals surface area contributed by atoms with Gasteiger partial charge in [0.15, 0.2) is 0 Å². The lowest BCUT2D eigenvalue weighted by Gasteiger charge is -1.98. The zero-order valence-electron chi connectivity index (χ0n) is 7.87. The maximum Gasteiger partial charge on any atom is 0.111 e. The van der Waals surface area contributed by atoms with Crippen LogP contribution in [0, 0.1) is 0 Å². The summed E-state index contributed by atoms with van der Waals surface area (Å²) in [5.74, 6) is 0.857. The SMILES string of the molecule is Cn1c(CCO)nc2c(Cl)cccc21. The number of halogens is 1. The second-order valence-electron chi connectivity index (χ2n) is 3.17. The summed E-state index contributed by atoms with van der Waals surface area (Å²) in [6.07, 6.45) is 0.557. The summed E-state index contributed by atoms with van der Waals surface area (Å²) in [5, 5.41) is 9.51. The van der Waals surface area contributed by atoms with E-state index in [4.69, 9.17) is 16.7 Å². The van der Waals surface area contributed by atoms with E-state index in [9.17, 15) is 0 Å². The minimum absolute atomic E-state index is 0.106. The van der Waals surface area contributed by atoms with E-state index in [-0.39, 0.29) is 6.61 Å². The predicted octanol–water partition coefficient (Wildman–Crippen LogP) is 1.76. The fraction of sp³-hybridized carbons (Fsp3) is 0.300. The van der Waals surface area contributed by atoms with E-state index in [1.54, 1.807) is 0 Å². The smallest absolute Gasteiger partial charge is 0.111 e. The Balaban J connectivity index is 2.67. The van der Waals surface area contributed by atoms with Crippen molar-refractivity contribution in [1.82, 2.24) is 9.55 Å². The molecule has 0 fully saturated rings. The molecular formula is C10H11ClN2O. The van der Waals surface area contributed by atoms with Gasteiger partial charge in [-0.25, -0.2) is 4.98 Å². The standard InChI is InChI=1S/C10H11ClN2O/c1-13-8-4-2-3-7(11)10(8)12-9(13)5-6-14/h2-4,14H,5-6H2,1H3. The molecule has 0 aliphatic rings. The number of hydrogen-bond donors (Lipinski definition) is 1. The first-order valence-electron chi connectivity index (χ1n) is 4.44. The number of benzene rings is 1. The third-order valence-electron chi connectivity index (χ3n) is 2.29. The van der Waals surface area contributed by atoms with E-state index in [0.717, 1.165) is 16.9 Å². The maximum absolute atomic E-state index is 8.85. The molecule has 2 aromatic rings. The van der Waals surface area contributed by atoms with Gasteiger partial charge in [0.05, 0.1) is 17.1 Å². The average Bonchev–Trinajstić information content (AvgIpc) is 2.48. The number of rotatable bonds is 2. The molecule has 0 bridgehead atoms. The van der Waals surface area contributed by atoms with Crippen LogP contribution in [-0.2, 0) is 13.5 Å². The highest BCUT2D eigenvalue weighted by molar-refractivity contribution is 6.34. The van der Waals surface area contributed by atoms with Gasteiger partial charge in [-0.2, -0.15) is 0 Å². The van der Waals surface area contributed by atoms with E-state index < -0.39 is 0 Å². The van der Waals surface area contributed by atoms with Crippen LogP contribution in [-0.4, -0.2) is 21.3 Å². The zero-order chi connectivity index (χ0) is 10.1. The first-order chi connectivity index (χ1) is 6.74. The molecule has 0 aliphatic carbocycles. The molecule has 1 N–H and O–H groups in total. The number of imidazole rings is 1. The van der Waals surface area contributed by atoms with Crippen LogP contribution in [0.1, 0.15) is 5.82 Å².